The van der Waals surface area contributed by atoms with Crippen molar-refractivity contribution in [2.45, 2.75) is 32.6 Å². The van der Waals surface area contributed by atoms with E-state index in [-0.39, 0.29) is 24.3 Å². The Bertz CT molecular complexity index is 589. The van der Waals surface area contributed by atoms with Crippen molar-refractivity contribution in [2.75, 3.05) is 32.7 Å². The molecule has 0 aromatic heterocycles. The van der Waals surface area contributed by atoms with Crippen LogP contribution in [-0.4, -0.2) is 60.2 Å². The Labute approximate surface area is 149 Å². The van der Waals surface area contributed by atoms with Crippen molar-refractivity contribution in [2.24, 2.45) is 0 Å². The molecule has 1 aliphatic heterocycles. The summed E-state index contributed by atoms with van der Waals surface area (Å²) >= 11 is 0. The van der Waals surface area contributed by atoms with Crippen molar-refractivity contribution >= 4 is 17.7 Å². The van der Waals surface area contributed by atoms with E-state index in [9.17, 15) is 14.4 Å². The average Bonchev–Trinajstić information content (AvgIpc) is 2.91. The zero-order chi connectivity index (χ0) is 18.1. The van der Waals surface area contributed by atoms with Crippen LogP contribution in [0.2, 0.25) is 0 Å². The number of amides is 3. The van der Waals surface area contributed by atoms with E-state index in [0.29, 0.717) is 38.2 Å². The highest BCUT2D eigenvalue weighted by molar-refractivity contribution is 5.96. The average molecular weight is 345 g/mol. The Morgan fingerprint density at radius 3 is 2.24 bits per heavy atom. The second-order valence-corrected chi connectivity index (χ2v) is 6.27. The molecule has 3 amide bonds. The Morgan fingerprint density at radius 2 is 1.60 bits per heavy atom. The van der Waals surface area contributed by atoms with Crippen LogP contribution in [0.3, 0.4) is 0 Å². The minimum atomic E-state index is -0.250. The maximum Gasteiger partial charge on any atom is 0.251 e. The lowest BCUT2D eigenvalue weighted by Gasteiger charge is -2.22. The Morgan fingerprint density at radius 1 is 0.960 bits per heavy atom. The van der Waals surface area contributed by atoms with Gasteiger partial charge in [0.05, 0.1) is 6.54 Å². The first kappa shape index (κ1) is 19.0. The molecule has 0 spiro atoms. The molecule has 0 aliphatic carbocycles. The van der Waals surface area contributed by atoms with Gasteiger partial charge in [-0.1, -0.05) is 31.5 Å². The molecule has 0 saturated carbocycles. The highest BCUT2D eigenvalue weighted by Gasteiger charge is 2.21. The summed E-state index contributed by atoms with van der Waals surface area (Å²) in [7, 11) is 0. The van der Waals surface area contributed by atoms with Crippen LogP contribution in [0, 0.1) is 0 Å². The minimum Gasteiger partial charge on any atom is -0.343 e. The Hall–Kier alpha value is -2.37. The summed E-state index contributed by atoms with van der Waals surface area (Å²) in [5.41, 5.74) is 0.541. The summed E-state index contributed by atoms with van der Waals surface area (Å²) in [6, 6.07) is 8.84. The number of unbranched alkanes of at least 4 members (excludes halogenated alkanes) is 1. The second kappa shape index (κ2) is 9.81. The van der Waals surface area contributed by atoms with E-state index >= 15 is 0 Å². The Kier molecular flexibility index (Phi) is 7.44. The van der Waals surface area contributed by atoms with Crippen LogP contribution in [0.5, 0.6) is 0 Å². The summed E-state index contributed by atoms with van der Waals surface area (Å²) in [6.45, 7) is 4.47. The molecule has 1 N–H and O–H groups in total. The van der Waals surface area contributed by atoms with Gasteiger partial charge < -0.3 is 15.1 Å². The number of hydrogen-bond acceptors (Lipinski definition) is 3. The third kappa shape index (κ3) is 5.89. The Balaban J connectivity index is 1.78. The van der Waals surface area contributed by atoms with Crippen LogP contribution < -0.4 is 5.32 Å². The van der Waals surface area contributed by atoms with Gasteiger partial charge >= 0.3 is 0 Å². The maximum atomic E-state index is 12.3. The highest BCUT2D eigenvalue weighted by atomic mass is 16.2. The normalized spacial score (nSPS) is 14.8. The van der Waals surface area contributed by atoms with Gasteiger partial charge in [-0.3, -0.25) is 14.4 Å². The van der Waals surface area contributed by atoms with E-state index in [4.69, 9.17) is 0 Å². The molecule has 1 aromatic rings. The summed E-state index contributed by atoms with van der Waals surface area (Å²) in [6.07, 6.45) is 3.27. The number of nitrogens with zero attached hydrogens (tertiary/aromatic N) is 2. The van der Waals surface area contributed by atoms with E-state index in [1.807, 2.05) is 11.0 Å². The molecular weight excluding hydrogens is 318 g/mol. The summed E-state index contributed by atoms with van der Waals surface area (Å²) < 4.78 is 0. The van der Waals surface area contributed by atoms with Crippen LogP contribution in [0.25, 0.3) is 0 Å². The molecule has 1 aliphatic rings. The standard InChI is InChI=1S/C19H27N3O3/c1-2-3-10-17(23)21-11-7-12-22(14-13-21)18(24)15-20-19(25)16-8-5-4-6-9-16/h4-6,8-9H,2-3,7,10-15H2,1H3,(H,20,25). The fraction of sp³-hybridized carbons (Fsp3) is 0.526. The molecule has 1 heterocycles. The molecule has 1 aromatic carbocycles. The summed E-state index contributed by atoms with van der Waals surface area (Å²) in [4.78, 5) is 40.1. The van der Waals surface area contributed by atoms with E-state index < -0.39 is 0 Å². The van der Waals surface area contributed by atoms with Gasteiger partial charge in [0.15, 0.2) is 0 Å². The van der Waals surface area contributed by atoms with Crippen LogP contribution in [0.1, 0.15) is 43.0 Å². The van der Waals surface area contributed by atoms with Crippen molar-refractivity contribution in [1.29, 1.82) is 0 Å². The molecule has 0 bridgehead atoms. The van der Waals surface area contributed by atoms with Gasteiger partial charge in [0.1, 0.15) is 0 Å². The quantitative estimate of drug-likeness (QED) is 0.853. The third-order valence-corrected chi connectivity index (χ3v) is 4.38. The number of hydrogen-bond donors (Lipinski definition) is 1. The van der Waals surface area contributed by atoms with Gasteiger partial charge in [-0.05, 0) is 25.0 Å². The first-order valence-corrected chi connectivity index (χ1v) is 9.00. The topological polar surface area (TPSA) is 69.7 Å². The molecular formula is C19H27N3O3. The van der Waals surface area contributed by atoms with Crippen molar-refractivity contribution < 1.29 is 14.4 Å². The first-order chi connectivity index (χ1) is 12.1. The molecule has 1 saturated heterocycles. The van der Waals surface area contributed by atoms with Gasteiger partial charge in [0.2, 0.25) is 11.8 Å². The summed E-state index contributed by atoms with van der Waals surface area (Å²) in [5, 5.41) is 2.67. The van der Waals surface area contributed by atoms with Gasteiger partial charge in [-0.2, -0.15) is 0 Å². The largest absolute Gasteiger partial charge is 0.343 e. The lowest BCUT2D eigenvalue weighted by atomic mass is 10.2. The highest BCUT2D eigenvalue weighted by Crippen LogP contribution is 2.07. The van der Waals surface area contributed by atoms with E-state index in [2.05, 4.69) is 12.2 Å². The van der Waals surface area contributed by atoms with Gasteiger partial charge in [-0.15, -0.1) is 0 Å². The fourth-order valence-corrected chi connectivity index (χ4v) is 2.86. The predicted octanol–water partition coefficient (Wildman–Crippen LogP) is 1.67. The molecule has 0 unspecified atom stereocenters. The zero-order valence-electron chi connectivity index (χ0n) is 14.9. The van der Waals surface area contributed by atoms with Crippen molar-refractivity contribution in [1.82, 2.24) is 15.1 Å². The summed E-state index contributed by atoms with van der Waals surface area (Å²) in [5.74, 6) is -0.180. The minimum absolute atomic E-state index is 0.0164. The number of benzene rings is 1. The van der Waals surface area contributed by atoms with Gasteiger partial charge in [0, 0.05) is 38.2 Å². The molecule has 136 valence electrons. The third-order valence-electron chi connectivity index (χ3n) is 4.38. The number of nitrogens with one attached hydrogen (secondary N) is 1. The molecule has 0 radical (unpaired) electrons. The second-order valence-electron chi connectivity index (χ2n) is 6.27. The molecule has 1 fully saturated rings. The van der Waals surface area contributed by atoms with Crippen molar-refractivity contribution in [3.8, 4) is 0 Å². The lowest BCUT2D eigenvalue weighted by molar-refractivity contribution is -0.133. The maximum absolute atomic E-state index is 12.3. The van der Waals surface area contributed by atoms with E-state index in [1.165, 1.54) is 0 Å². The zero-order valence-corrected chi connectivity index (χ0v) is 14.9. The van der Waals surface area contributed by atoms with Crippen LogP contribution in [-0.2, 0) is 9.59 Å². The number of carbonyl (C=O) groups is 3. The molecule has 0 atom stereocenters. The molecule has 2 rings (SSSR count). The fourth-order valence-electron chi connectivity index (χ4n) is 2.86. The van der Waals surface area contributed by atoms with E-state index in [0.717, 1.165) is 19.3 Å². The van der Waals surface area contributed by atoms with Gasteiger partial charge in [0.25, 0.3) is 5.91 Å². The molecule has 6 nitrogen and oxygen atoms in total. The van der Waals surface area contributed by atoms with Crippen LogP contribution >= 0.6 is 0 Å². The molecule has 6 heteroatoms. The number of rotatable bonds is 6. The predicted molar refractivity (Wildman–Crippen MR) is 96.1 cm³/mol. The first-order valence-electron chi connectivity index (χ1n) is 9.00. The van der Waals surface area contributed by atoms with Gasteiger partial charge in [-0.25, -0.2) is 0 Å². The monoisotopic (exact) mass is 345 g/mol. The number of carbonyl (C=O) groups excluding carboxylic acids is 3. The SMILES string of the molecule is CCCCC(=O)N1CCCN(C(=O)CNC(=O)c2ccccc2)CC1. The van der Waals surface area contributed by atoms with Crippen LogP contribution in [0.15, 0.2) is 30.3 Å². The van der Waals surface area contributed by atoms with Crippen LogP contribution in [0.4, 0.5) is 0 Å². The van der Waals surface area contributed by atoms with Crippen molar-refractivity contribution in [3.05, 3.63) is 35.9 Å². The van der Waals surface area contributed by atoms with Crippen molar-refractivity contribution in [3.63, 3.8) is 0 Å². The lowest BCUT2D eigenvalue weighted by Crippen LogP contribution is -2.42. The molecule has 25 heavy (non-hydrogen) atoms. The smallest absolute Gasteiger partial charge is 0.251 e. The van der Waals surface area contributed by atoms with E-state index in [1.54, 1.807) is 29.2 Å².